The Balaban J connectivity index is 1.68. The summed E-state index contributed by atoms with van der Waals surface area (Å²) in [7, 11) is 0. The van der Waals surface area contributed by atoms with Gasteiger partial charge in [0.05, 0.1) is 17.7 Å². The van der Waals surface area contributed by atoms with Gasteiger partial charge in [-0.2, -0.15) is 10.1 Å². The van der Waals surface area contributed by atoms with Crippen molar-refractivity contribution in [3.8, 4) is 0 Å². The van der Waals surface area contributed by atoms with Crippen LogP contribution in [-0.2, 0) is 6.54 Å². The number of benzene rings is 1. The molecule has 0 unspecified atom stereocenters. The SMILES string of the molecule is Cc1cnn(CCNc2nc3cc([N+](=O)[O-])ccc3o2)c1. The highest BCUT2D eigenvalue weighted by molar-refractivity contribution is 5.77. The molecule has 8 heteroatoms. The Morgan fingerprint density at radius 2 is 2.33 bits per heavy atom. The highest BCUT2D eigenvalue weighted by atomic mass is 16.6. The van der Waals surface area contributed by atoms with Crippen molar-refractivity contribution in [1.82, 2.24) is 14.8 Å². The van der Waals surface area contributed by atoms with Gasteiger partial charge in [-0.15, -0.1) is 0 Å². The number of rotatable bonds is 5. The van der Waals surface area contributed by atoms with Gasteiger partial charge in [0, 0.05) is 24.9 Å². The minimum absolute atomic E-state index is 0.00522. The summed E-state index contributed by atoms with van der Waals surface area (Å²) in [5.74, 6) is 0. The summed E-state index contributed by atoms with van der Waals surface area (Å²) in [5, 5.41) is 17.9. The van der Waals surface area contributed by atoms with Crippen LogP contribution in [0.2, 0.25) is 0 Å². The van der Waals surface area contributed by atoms with Crippen molar-refractivity contribution in [3.05, 3.63) is 46.3 Å². The largest absolute Gasteiger partial charge is 0.424 e. The maximum absolute atomic E-state index is 10.7. The number of nitrogens with zero attached hydrogens (tertiary/aromatic N) is 4. The molecule has 0 amide bonds. The second-order valence-corrected chi connectivity index (χ2v) is 4.64. The number of aryl methyl sites for hydroxylation is 1. The van der Waals surface area contributed by atoms with Crippen LogP contribution >= 0.6 is 0 Å². The third-order valence-corrected chi connectivity index (χ3v) is 2.96. The van der Waals surface area contributed by atoms with Crippen molar-refractivity contribution in [1.29, 1.82) is 0 Å². The maximum Gasteiger partial charge on any atom is 0.295 e. The Morgan fingerprint density at radius 3 is 3.05 bits per heavy atom. The molecule has 2 heterocycles. The Morgan fingerprint density at radius 1 is 1.48 bits per heavy atom. The molecule has 3 rings (SSSR count). The topological polar surface area (TPSA) is 99.0 Å². The van der Waals surface area contributed by atoms with Gasteiger partial charge in [-0.1, -0.05) is 0 Å². The molecule has 3 aromatic rings. The van der Waals surface area contributed by atoms with Crippen molar-refractivity contribution >= 4 is 22.8 Å². The predicted molar refractivity (Wildman–Crippen MR) is 76.1 cm³/mol. The molecule has 0 saturated heterocycles. The number of aromatic nitrogens is 3. The van der Waals surface area contributed by atoms with Gasteiger partial charge in [0.25, 0.3) is 11.7 Å². The standard InChI is InChI=1S/C13H13N5O3/c1-9-7-15-17(8-9)5-4-14-13-16-11-6-10(18(19)20)2-3-12(11)21-13/h2-3,6-8H,4-5H2,1H3,(H,14,16). The highest BCUT2D eigenvalue weighted by Crippen LogP contribution is 2.23. The molecule has 0 aliphatic rings. The average molecular weight is 287 g/mol. The fourth-order valence-electron chi connectivity index (χ4n) is 1.97. The summed E-state index contributed by atoms with van der Waals surface area (Å²) in [6.07, 6.45) is 3.73. The Kier molecular flexibility index (Phi) is 3.27. The third-order valence-electron chi connectivity index (χ3n) is 2.96. The van der Waals surface area contributed by atoms with E-state index < -0.39 is 4.92 Å². The van der Waals surface area contributed by atoms with Crippen molar-refractivity contribution in [3.63, 3.8) is 0 Å². The molecule has 0 spiro atoms. The summed E-state index contributed by atoms with van der Waals surface area (Å²) >= 11 is 0. The lowest BCUT2D eigenvalue weighted by Gasteiger charge is -2.01. The summed E-state index contributed by atoms with van der Waals surface area (Å²) in [6.45, 7) is 3.24. The van der Waals surface area contributed by atoms with E-state index in [-0.39, 0.29) is 5.69 Å². The zero-order valence-electron chi connectivity index (χ0n) is 11.3. The van der Waals surface area contributed by atoms with Crippen LogP contribution in [0.5, 0.6) is 0 Å². The number of oxazole rings is 1. The van der Waals surface area contributed by atoms with Gasteiger partial charge < -0.3 is 9.73 Å². The molecule has 0 aliphatic carbocycles. The molecule has 1 N–H and O–H groups in total. The van der Waals surface area contributed by atoms with Crippen molar-refractivity contribution in [2.24, 2.45) is 0 Å². The molecule has 0 fully saturated rings. The van der Waals surface area contributed by atoms with Crippen LogP contribution in [0.4, 0.5) is 11.7 Å². The lowest BCUT2D eigenvalue weighted by molar-refractivity contribution is -0.384. The molecule has 21 heavy (non-hydrogen) atoms. The van der Waals surface area contributed by atoms with Crippen molar-refractivity contribution in [2.45, 2.75) is 13.5 Å². The predicted octanol–water partition coefficient (Wildman–Crippen LogP) is 2.35. The molecule has 108 valence electrons. The van der Waals surface area contributed by atoms with E-state index in [4.69, 9.17) is 4.42 Å². The van der Waals surface area contributed by atoms with E-state index in [1.165, 1.54) is 12.1 Å². The molecular weight excluding hydrogens is 274 g/mol. The molecule has 0 atom stereocenters. The van der Waals surface area contributed by atoms with Crippen LogP contribution in [0.15, 0.2) is 35.0 Å². The van der Waals surface area contributed by atoms with Crippen molar-refractivity contribution < 1.29 is 9.34 Å². The number of nitro benzene ring substituents is 1. The van der Waals surface area contributed by atoms with Crippen LogP contribution in [0, 0.1) is 17.0 Å². The van der Waals surface area contributed by atoms with Gasteiger partial charge in [-0.25, -0.2) is 0 Å². The van der Waals surface area contributed by atoms with Crippen LogP contribution in [0.3, 0.4) is 0 Å². The lowest BCUT2D eigenvalue weighted by Crippen LogP contribution is -2.10. The lowest BCUT2D eigenvalue weighted by atomic mass is 10.3. The van der Waals surface area contributed by atoms with E-state index in [0.29, 0.717) is 30.2 Å². The number of nitrogens with one attached hydrogen (secondary N) is 1. The first-order chi connectivity index (χ1) is 10.1. The number of nitro groups is 1. The highest BCUT2D eigenvalue weighted by Gasteiger charge is 2.11. The van der Waals surface area contributed by atoms with Gasteiger partial charge in [-0.05, 0) is 18.6 Å². The van der Waals surface area contributed by atoms with E-state index >= 15 is 0 Å². The van der Waals surface area contributed by atoms with Crippen LogP contribution in [0.1, 0.15) is 5.56 Å². The zero-order valence-corrected chi connectivity index (χ0v) is 11.3. The molecule has 2 aromatic heterocycles. The quantitative estimate of drug-likeness (QED) is 0.571. The molecule has 0 radical (unpaired) electrons. The second-order valence-electron chi connectivity index (χ2n) is 4.64. The molecule has 0 bridgehead atoms. The molecule has 8 nitrogen and oxygen atoms in total. The fourth-order valence-corrected chi connectivity index (χ4v) is 1.97. The van der Waals surface area contributed by atoms with E-state index in [1.54, 1.807) is 12.3 Å². The first-order valence-corrected chi connectivity index (χ1v) is 6.40. The summed E-state index contributed by atoms with van der Waals surface area (Å²) in [4.78, 5) is 14.4. The normalized spacial score (nSPS) is 10.9. The molecular formula is C13H13N5O3. The van der Waals surface area contributed by atoms with Crippen LogP contribution < -0.4 is 5.32 Å². The summed E-state index contributed by atoms with van der Waals surface area (Å²) in [5.41, 5.74) is 2.07. The zero-order chi connectivity index (χ0) is 14.8. The molecule has 0 aliphatic heterocycles. The summed E-state index contributed by atoms with van der Waals surface area (Å²) in [6, 6.07) is 4.67. The van der Waals surface area contributed by atoms with Crippen molar-refractivity contribution in [2.75, 3.05) is 11.9 Å². The third kappa shape index (κ3) is 2.83. The first-order valence-electron chi connectivity index (χ1n) is 6.40. The number of anilines is 1. The first kappa shape index (κ1) is 13.1. The monoisotopic (exact) mass is 287 g/mol. The number of hydrogen-bond donors (Lipinski definition) is 1. The van der Waals surface area contributed by atoms with E-state index in [2.05, 4.69) is 15.4 Å². The van der Waals surface area contributed by atoms with Gasteiger partial charge in [-0.3, -0.25) is 14.8 Å². The average Bonchev–Trinajstić information content (AvgIpc) is 3.03. The Labute approximate surface area is 119 Å². The van der Waals surface area contributed by atoms with E-state index in [1.807, 2.05) is 17.8 Å². The van der Waals surface area contributed by atoms with Gasteiger partial charge in [0.2, 0.25) is 0 Å². The number of non-ortho nitro benzene ring substituents is 1. The van der Waals surface area contributed by atoms with Gasteiger partial charge >= 0.3 is 0 Å². The number of fused-ring (bicyclic) bond motifs is 1. The van der Waals surface area contributed by atoms with E-state index in [0.717, 1.165) is 5.56 Å². The Hall–Kier alpha value is -2.90. The van der Waals surface area contributed by atoms with Crippen LogP contribution in [0.25, 0.3) is 11.1 Å². The molecule has 0 saturated carbocycles. The minimum atomic E-state index is -0.457. The second kappa shape index (κ2) is 5.23. The summed E-state index contributed by atoms with van der Waals surface area (Å²) < 4.78 is 7.29. The fraction of sp³-hybridized carbons (Fsp3) is 0.231. The van der Waals surface area contributed by atoms with Gasteiger partial charge in [0.1, 0.15) is 5.52 Å². The smallest absolute Gasteiger partial charge is 0.295 e. The Bertz CT molecular complexity index is 792. The maximum atomic E-state index is 10.7. The van der Waals surface area contributed by atoms with E-state index in [9.17, 15) is 10.1 Å². The molecule has 1 aromatic carbocycles. The van der Waals surface area contributed by atoms with Gasteiger partial charge in [0.15, 0.2) is 5.58 Å². The minimum Gasteiger partial charge on any atom is -0.424 e. The van der Waals surface area contributed by atoms with Crippen LogP contribution in [-0.4, -0.2) is 26.2 Å². The number of hydrogen-bond acceptors (Lipinski definition) is 6.